The zero-order valence-electron chi connectivity index (χ0n) is 15.4. The van der Waals surface area contributed by atoms with Gasteiger partial charge in [-0.05, 0) is 53.4 Å². The molecule has 0 amide bonds. The second kappa shape index (κ2) is 9.93. The Kier molecular flexibility index (Phi) is 7.91. The van der Waals surface area contributed by atoms with Gasteiger partial charge in [-0.3, -0.25) is 4.31 Å². The maximum atomic E-state index is 13.2. The molecule has 2 aromatic rings. The summed E-state index contributed by atoms with van der Waals surface area (Å²) < 4.78 is 28.5. The molecule has 0 aliphatic carbocycles. The van der Waals surface area contributed by atoms with Crippen LogP contribution in [0.3, 0.4) is 0 Å². The lowest BCUT2D eigenvalue weighted by atomic mass is 10.2. The van der Waals surface area contributed by atoms with E-state index in [0.29, 0.717) is 16.0 Å². The van der Waals surface area contributed by atoms with E-state index >= 15 is 0 Å². The maximum absolute atomic E-state index is 13.2. The first kappa shape index (κ1) is 20.7. The summed E-state index contributed by atoms with van der Waals surface area (Å²) in [4.78, 5) is 0.304. The van der Waals surface area contributed by atoms with Gasteiger partial charge in [-0.15, -0.1) is 0 Å². The van der Waals surface area contributed by atoms with Crippen LogP contribution in [0.2, 0.25) is 0 Å². The summed E-state index contributed by atoms with van der Waals surface area (Å²) in [5.74, 6) is 0. The zero-order valence-corrected chi connectivity index (χ0v) is 17.8. The topological polar surface area (TPSA) is 37.4 Å². The summed E-state index contributed by atoms with van der Waals surface area (Å²) in [6, 6.07) is 16.6. The van der Waals surface area contributed by atoms with E-state index in [1.807, 2.05) is 55.5 Å². The summed E-state index contributed by atoms with van der Waals surface area (Å²) in [5.41, 5.74) is 1.98. The predicted octanol–water partition coefficient (Wildman–Crippen LogP) is 6.00. The van der Waals surface area contributed by atoms with E-state index in [1.54, 1.807) is 12.1 Å². The van der Waals surface area contributed by atoms with Gasteiger partial charge in [-0.1, -0.05) is 73.9 Å². The van der Waals surface area contributed by atoms with Crippen molar-refractivity contribution in [1.29, 1.82) is 0 Å². The molecule has 0 aliphatic heterocycles. The Hall–Kier alpha value is -1.59. The molecule has 0 aromatic heterocycles. The first-order chi connectivity index (χ1) is 12.4. The van der Waals surface area contributed by atoms with Crippen molar-refractivity contribution in [2.24, 2.45) is 0 Å². The summed E-state index contributed by atoms with van der Waals surface area (Å²) in [7, 11) is -3.64. The number of rotatable bonds is 9. The third-order valence-electron chi connectivity index (χ3n) is 4.14. The Morgan fingerprint density at radius 2 is 1.69 bits per heavy atom. The standard InChI is InChI=1S/C21H26BrNO2S/c1-3-4-5-9-12-21(22)23(17-19-10-7-6-8-11-19)26(24,25)20-15-13-18(2)14-16-20/h6-8,10-16H,3-5,9,17H2,1-2H3/b21-12-. The Bertz CT molecular complexity index is 815. The van der Waals surface area contributed by atoms with Gasteiger partial charge in [0.25, 0.3) is 10.0 Å². The van der Waals surface area contributed by atoms with Crippen LogP contribution in [-0.4, -0.2) is 12.7 Å². The molecule has 140 valence electrons. The van der Waals surface area contributed by atoms with E-state index in [1.165, 1.54) is 4.31 Å². The summed E-state index contributed by atoms with van der Waals surface area (Å²) in [6.45, 7) is 4.39. The number of allylic oxidation sites excluding steroid dienone is 1. The minimum atomic E-state index is -3.64. The second-order valence-corrected chi connectivity index (χ2v) is 9.01. The van der Waals surface area contributed by atoms with Gasteiger partial charge in [0, 0.05) is 0 Å². The molecule has 0 heterocycles. The van der Waals surface area contributed by atoms with Gasteiger partial charge in [0.1, 0.15) is 0 Å². The lowest BCUT2D eigenvalue weighted by Crippen LogP contribution is -2.28. The fourth-order valence-corrected chi connectivity index (χ4v) is 4.86. The van der Waals surface area contributed by atoms with Gasteiger partial charge in [-0.2, -0.15) is 0 Å². The van der Waals surface area contributed by atoms with Crippen LogP contribution in [0.15, 0.2) is 70.2 Å². The van der Waals surface area contributed by atoms with Crippen molar-refractivity contribution in [2.75, 3.05) is 0 Å². The molecule has 2 rings (SSSR count). The Labute approximate surface area is 165 Å². The molecule has 0 atom stereocenters. The van der Waals surface area contributed by atoms with E-state index in [9.17, 15) is 8.42 Å². The highest BCUT2D eigenvalue weighted by molar-refractivity contribution is 9.11. The van der Waals surface area contributed by atoms with Gasteiger partial charge >= 0.3 is 0 Å². The highest BCUT2D eigenvalue weighted by Crippen LogP contribution is 2.27. The fraction of sp³-hybridized carbons (Fsp3) is 0.333. The Morgan fingerprint density at radius 3 is 2.31 bits per heavy atom. The highest BCUT2D eigenvalue weighted by Gasteiger charge is 2.25. The molecule has 0 fully saturated rings. The lowest BCUT2D eigenvalue weighted by molar-refractivity contribution is 0.489. The Balaban J connectivity index is 2.34. The number of halogens is 1. The van der Waals surface area contributed by atoms with Gasteiger partial charge < -0.3 is 0 Å². The molecule has 26 heavy (non-hydrogen) atoms. The molecule has 0 radical (unpaired) electrons. The van der Waals surface area contributed by atoms with Gasteiger partial charge in [-0.25, -0.2) is 8.42 Å². The van der Waals surface area contributed by atoms with Crippen molar-refractivity contribution in [2.45, 2.75) is 51.0 Å². The van der Waals surface area contributed by atoms with Crippen molar-refractivity contribution in [3.8, 4) is 0 Å². The largest absolute Gasteiger partial charge is 0.265 e. The van der Waals surface area contributed by atoms with E-state index in [2.05, 4.69) is 22.9 Å². The van der Waals surface area contributed by atoms with Crippen LogP contribution >= 0.6 is 15.9 Å². The molecule has 0 saturated carbocycles. The first-order valence-corrected chi connectivity index (χ1v) is 11.2. The molecular weight excluding hydrogens is 410 g/mol. The van der Waals surface area contributed by atoms with Crippen molar-refractivity contribution in [3.63, 3.8) is 0 Å². The number of aryl methyl sites for hydroxylation is 1. The third-order valence-corrected chi connectivity index (χ3v) is 6.90. The third kappa shape index (κ3) is 5.71. The van der Waals surface area contributed by atoms with Gasteiger partial charge in [0.15, 0.2) is 0 Å². The first-order valence-electron chi connectivity index (χ1n) is 8.94. The van der Waals surface area contributed by atoms with Crippen molar-refractivity contribution in [1.82, 2.24) is 4.31 Å². The van der Waals surface area contributed by atoms with Gasteiger partial charge in [0.05, 0.1) is 16.0 Å². The number of hydrogen-bond donors (Lipinski definition) is 0. The Morgan fingerprint density at radius 1 is 1.04 bits per heavy atom. The summed E-state index contributed by atoms with van der Waals surface area (Å²) >= 11 is 3.51. The summed E-state index contributed by atoms with van der Waals surface area (Å²) in [5, 5.41) is 0. The lowest BCUT2D eigenvalue weighted by Gasteiger charge is -2.24. The number of unbranched alkanes of at least 4 members (excludes halogenated alkanes) is 3. The molecule has 3 nitrogen and oxygen atoms in total. The van der Waals surface area contributed by atoms with Crippen LogP contribution in [0.1, 0.15) is 43.7 Å². The van der Waals surface area contributed by atoms with Crippen LogP contribution in [0, 0.1) is 6.92 Å². The van der Waals surface area contributed by atoms with Crippen molar-refractivity contribution < 1.29 is 8.42 Å². The quantitative estimate of drug-likeness (QED) is 0.357. The van der Waals surface area contributed by atoms with Crippen molar-refractivity contribution >= 4 is 26.0 Å². The van der Waals surface area contributed by atoms with Crippen LogP contribution in [0.25, 0.3) is 0 Å². The van der Waals surface area contributed by atoms with Crippen LogP contribution in [-0.2, 0) is 16.6 Å². The maximum Gasteiger partial charge on any atom is 0.265 e. The van der Waals surface area contributed by atoms with Crippen molar-refractivity contribution in [3.05, 3.63) is 76.4 Å². The molecule has 0 N–H and O–H groups in total. The van der Waals surface area contributed by atoms with Gasteiger partial charge in [0.2, 0.25) is 0 Å². The van der Waals surface area contributed by atoms with Crippen LogP contribution in [0.4, 0.5) is 0 Å². The number of benzene rings is 2. The molecule has 0 unspecified atom stereocenters. The normalized spacial score (nSPS) is 12.2. The number of hydrogen-bond acceptors (Lipinski definition) is 2. The average molecular weight is 436 g/mol. The molecule has 2 aromatic carbocycles. The highest BCUT2D eigenvalue weighted by atomic mass is 79.9. The molecule has 0 aliphatic rings. The molecular formula is C21H26BrNO2S. The molecule has 5 heteroatoms. The number of sulfonamides is 1. The zero-order chi connectivity index (χ0) is 19.0. The van der Waals surface area contributed by atoms with E-state index < -0.39 is 10.0 Å². The molecule has 0 spiro atoms. The number of nitrogens with zero attached hydrogens (tertiary/aromatic N) is 1. The summed E-state index contributed by atoms with van der Waals surface area (Å²) in [6.07, 6.45) is 6.14. The molecule has 0 saturated heterocycles. The van der Waals surface area contributed by atoms with Crippen LogP contribution in [0.5, 0.6) is 0 Å². The predicted molar refractivity (Wildman–Crippen MR) is 112 cm³/mol. The van der Waals surface area contributed by atoms with E-state index in [0.717, 1.165) is 36.8 Å². The average Bonchev–Trinajstić information content (AvgIpc) is 2.64. The minimum absolute atomic E-state index is 0.294. The smallest absolute Gasteiger partial charge is 0.256 e. The van der Waals surface area contributed by atoms with E-state index in [4.69, 9.17) is 0 Å². The van der Waals surface area contributed by atoms with E-state index in [-0.39, 0.29) is 0 Å². The molecule has 0 bridgehead atoms. The van der Waals surface area contributed by atoms with Crippen LogP contribution < -0.4 is 0 Å². The second-order valence-electron chi connectivity index (χ2n) is 6.33. The fourth-order valence-electron chi connectivity index (χ4n) is 2.58. The monoisotopic (exact) mass is 435 g/mol. The SMILES string of the molecule is CCCCC/C=C(/Br)N(Cc1ccccc1)S(=O)(=O)c1ccc(C)cc1. The minimum Gasteiger partial charge on any atom is -0.256 e.